The molecule has 0 aromatic rings. The quantitative estimate of drug-likeness (QED) is 0.0261. The third kappa shape index (κ3) is 66.2. The van der Waals surface area contributed by atoms with Gasteiger partial charge >= 0.3 is 17.9 Å². The highest BCUT2D eigenvalue weighted by Crippen LogP contribution is 2.15. The van der Waals surface area contributed by atoms with Crippen molar-refractivity contribution in [1.82, 2.24) is 0 Å². The van der Waals surface area contributed by atoms with Crippen LogP contribution in [0.1, 0.15) is 303 Å². The zero-order valence-corrected chi connectivity index (χ0v) is 52.8. The van der Waals surface area contributed by atoms with Crippen LogP contribution in [0.4, 0.5) is 0 Å². The van der Waals surface area contributed by atoms with Crippen molar-refractivity contribution >= 4 is 17.9 Å². The lowest BCUT2D eigenvalue weighted by molar-refractivity contribution is -0.167. The second-order valence-electron chi connectivity index (χ2n) is 22.0. The highest BCUT2D eigenvalue weighted by molar-refractivity contribution is 5.71. The molecule has 1 atom stereocenters. The summed E-state index contributed by atoms with van der Waals surface area (Å²) in [5, 5.41) is 0. The summed E-state index contributed by atoms with van der Waals surface area (Å²) in [7, 11) is 0. The lowest BCUT2D eigenvalue weighted by Crippen LogP contribution is -2.30. The molecule has 6 nitrogen and oxygen atoms in total. The Labute approximate surface area is 500 Å². The first kappa shape index (κ1) is 76.5. The zero-order valence-electron chi connectivity index (χ0n) is 52.8. The van der Waals surface area contributed by atoms with Crippen molar-refractivity contribution in [1.29, 1.82) is 0 Å². The Bertz CT molecular complexity index is 1720. The molecular weight excluding hydrogens is 997 g/mol. The average Bonchev–Trinajstić information content (AvgIpc) is 3.47. The van der Waals surface area contributed by atoms with Crippen molar-refractivity contribution in [3.8, 4) is 0 Å². The van der Waals surface area contributed by atoms with E-state index < -0.39 is 6.10 Å². The predicted octanol–water partition coefficient (Wildman–Crippen LogP) is 23.3. The second kappa shape index (κ2) is 68.1. The summed E-state index contributed by atoms with van der Waals surface area (Å²) >= 11 is 0. The van der Waals surface area contributed by atoms with Gasteiger partial charge in [0.1, 0.15) is 13.2 Å². The Morgan fingerprint density at radius 2 is 0.481 bits per heavy atom. The van der Waals surface area contributed by atoms with Crippen molar-refractivity contribution in [2.75, 3.05) is 13.2 Å². The predicted molar refractivity (Wildman–Crippen MR) is 353 cm³/mol. The molecule has 0 radical (unpaired) electrons. The van der Waals surface area contributed by atoms with Crippen LogP contribution in [-0.2, 0) is 28.6 Å². The van der Waals surface area contributed by atoms with E-state index in [1.54, 1.807) is 0 Å². The van der Waals surface area contributed by atoms with E-state index in [2.05, 4.69) is 154 Å². The summed E-state index contributed by atoms with van der Waals surface area (Å²) in [6, 6.07) is 0. The maximum atomic E-state index is 12.9. The topological polar surface area (TPSA) is 78.9 Å². The molecule has 0 spiro atoms. The smallest absolute Gasteiger partial charge is 0.306 e. The van der Waals surface area contributed by atoms with Crippen LogP contribution in [0.25, 0.3) is 0 Å². The molecule has 0 saturated heterocycles. The Balaban J connectivity index is 4.43. The van der Waals surface area contributed by atoms with Crippen LogP contribution in [0, 0.1) is 0 Å². The van der Waals surface area contributed by atoms with Crippen LogP contribution in [0.15, 0.2) is 134 Å². The summed E-state index contributed by atoms with van der Waals surface area (Å²) in [5.41, 5.74) is 0. The molecule has 0 aromatic heterocycles. The Morgan fingerprint density at radius 1 is 0.259 bits per heavy atom. The van der Waals surface area contributed by atoms with E-state index in [1.807, 2.05) is 0 Å². The van der Waals surface area contributed by atoms with E-state index >= 15 is 0 Å². The molecule has 0 fully saturated rings. The molecule has 0 heterocycles. The maximum absolute atomic E-state index is 12.9. The average molecular weight is 1120 g/mol. The number of hydrogen-bond acceptors (Lipinski definition) is 6. The van der Waals surface area contributed by atoms with Gasteiger partial charge in [0.15, 0.2) is 6.10 Å². The minimum Gasteiger partial charge on any atom is -0.462 e. The van der Waals surface area contributed by atoms with E-state index in [0.29, 0.717) is 19.3 Å². The fraction of sp³-hybridized carbons (Fsp3) is 0.667. The molecule has 0 aliphatic heterocycles. The SMILES string of the molecule is CC/C=C\C/C=C\C/C=C\C/C=C\C/C=C\CCCCCCCCCCCC(=O)OCC(COC(=O)CCCCCCCCC/C=C\C/C=C\C/C=C\CC)OC(=O)CCCCCCCC/C=C\C/C=C\C/C=C\CCCCCCC. The Kier molecular flexibility index (Phi) is 64.3. The van der Waals surface area contributed by atoms with Crippen molar-refractivity contribution in [2.45, 2.75) is 309 Å². The van der Waals surface area contributed by atoms with Crippen molar-refractivity contribution in [2.24, 2.45) is 0 Å². The number of hydrogen-bond donors (Lipinski definition) is 0. The molecule has 0 rings (SSSR count). The van der Waals surface area contributed by atoms with E-state index in [9.17, 15) is 14.4 Å². The van der Waals surface area contributed by atoms with Gasteiger partial charge in [0.05, 0.1) is 0 Å². The van der Waals surface area contributed by atoms with Gasteiger partial charge in [-0.1, -0.05) is 283 Å². The van der Waals surface area contributed by atoms with E-state index in [4.69, 9.17) is 14.2 Å². The minimum absolute atomic E-state index is 0.0932. The second-order valence-corrected chi connectivity index (χ2v) is 22.0. The van der Waals surface area contributed by atoms with Crippen LogP contribution in [0.5, 0.6) is 0 Å². The summed E-state index contributed by atoms with van der Waals surface area (Å²) in [6.07, 6.45) is 95.9. The lowest BCUT2D eigenvalue weighted by atomic mass is 10.1. The fourth-order valence-corrected chi connectivity index (χ4v) is 9.14. The molecule has 460 valence electrons. The summed E-state index contributed by atoms with van der Waals surface area (Å²) in [4.78, 5) is 38.4. The first-order chi connectivity index (χ1) is 40.0. The summed E-state index contributed by atoms with van der Waals surface area (Å²) in [6.45, 7) is 6.40. The third-order valence-corrected chi connectivity index (χ3v) is 14.1. The van der Waals surface area contributed by atoms with Crippen molar-refractivity contribution < 1.29 is 28.6 Å². The van der Waals surface area contributed by atoms with E-state index in [0.717, 1.165) is 148 Å². The number of rotatable bonds is 60. The minimum atomic E-state index is -0.799. The van der Waals surface area contributed by atoms with Crippen LogP contribution in [-0.4, -0.2) is 37.2 Å². The normalized spacial score (nSPS) is 13.0. The molecule has 0 aliphatic carbocycles. The number of carbonyl (C=O) groups excluding carboxylic acids is 3. The molecule has 0 N–H and O–H groups in total. The zero-order chi connectivity index (χ0) is 58.5. The fourth-order valence-electron chi connectivity index (χ4n) is 9.14. The molecule has 0 saturated carbocycles. The first-order valence-corrected chi connectivity index (χ1v) is 33.7. The first-order valence-electron chi connectivity index (χ1n) is 33.7. The van der Waals surface area contributed by atoms with Gasteiger partial charge in [0, 0.05) is 19.3 Å². The van der Waals surface area contributed by atoms with Gasteiger partial charge < -0.3 is 14.2 Å². The monoisotopic (exact) mass is 1120 g/mol. The number of carbonyl (C=O) groups is 3. The van der Waals surface area contributed by atoms with Gasteiger partial charge in [0.2, 0.25) is 0 Å². The molecule has 0 amide bonds. The van der Waals surface area contributed by atoms with Crippen LogP contribution in [0.3, 0.4) is 0 Å². The number of ether oxygens (including phenoxy) is 3. The molecule has 6 heteroatoms. The molecule has 0 aromatic carbocycles. The van der Waals surface area contributed by atoms with Crippen molar-refractivity contribution in [3.63, 3.8) is 0 Å². The van der Waals surface area contributed by atoms with E-state index in [1.165, 1.54) is 116 Å². The number of esters is 3. The molecule has 1 unspecified atom stereocenters. The van der Waals surface area contributed by atoms with Gasteiger partial charge in [-0.15, -0.1) is 0 Å². The van der Waals surface area contributed by atoms with E-state index in [-0.39, 0.29) is 31.1 Å². The van der Waals surface area contributed by atoms with Gasteiger partial charge in [-0.3, -0.25) is 14.4 Å². The van der Waals surface area contributed by atoms with Crippen LogP contribution >= 0.6 is 0 Å². The lowest BCUT2D eigenvalue weighted by Gasteiger charge is -2.18. The van der Waals surface area contributed by atoms with Crippen LogP contribution < -0.4 is 0 Å². The van der Waals surface area contributed by atoms with Gasteiger partial charge in [-0.2, -0.15) is 0 Å². The largest absolute Gasteiger partial charge is 0.462 e. The summed E-state index contributed by atoms with van der Waals surface area (Å²) < 4.78 is 17.0. The standard InChI is InChI=1S/C75H124O6/c1-4-7-10-13-16-19-22-25-28-31-33-35-36-37-38-40-41-44-47-50-53-56-59-62-65-68-74(77)80-71-72(70-79-73(76)67-64-61-58-55-52-49-46-43-30-27-24-21-18-15-12-9-6-3)81-75(78)69-66-63-60-57-54-51-48-45-42-39-34-32-29-26-23-20-17-14-11-8-5-2/h7,9-10,12,16,18-19,21,23,25-28,30,32-35,37-38,42,45,72H,4-6,8,11,13-15,17,20,22,24,29,31,36,39-41,43-44,46-71H2,1-3H3/b10-7-,12-9-,19-16-,21-18-,26-23-,28-25-,30-27-,34-32-,35-33-,38-37-,45-42-. The summed E-state index contributed by atoms with van der Waals surface area (Å²) in [5.74, 6) is -0.915. The molecule has 81 heavy (non-hydrogen) atoms. The number of allylic oxidation sites excluding steroid dienone is 22. The van der Waals surface area contributed by atoms with Gasteiger partial charge in [-0.25, -0.2) is 0 Å². The maximum Gasteiger partial charge on any atom is 0.306 e. The molecular formula is C75H124O6. The highest BCUT2D eigenvalue weighted by Gasteiger charge is 2.19. The Morgan fingerprint density at radius 3 is 0.753 bits per heavy atom. The molecule has 0 bridgehead atoms. The van der Waals surface area contributed by atoms with Crippen molar-refractivity contribution in [3.05, 3.63) is 134 Å². The number of unbranched alkanes of at least 4 members (excludes halogenated alkanes) is 27. The van der Waals surface area contributed by atoms with Crippen LogP contribution in [0.2, 0.25) is 0 Å². The Hall–Kier alpha value is -4.45. The molecule has 0 aliphatic rings. The van der Waals surface area contributed by atoms with Gasteiger partial charge in [0.25, 0.3) is 0 Å². The third-order valence-electron chi connectivity index (χ3n) is 14.1. The highest BCUT2D eigenvalue weighted by atomic mass is 16.6. The van der Waals surface area contributed by atoms with Gasteiger partial charge in [-0.05, 0) is 135 Å².